The Hall–Kier alpha value is -1.02. The zero-order valence-electron chi connectivity index (χ0n) is 12.8. The van der Waals surface area contributed by atoms with Crippen LogP contribution >= 0.6 is 0 Å². The summed E-state index contributed by atoms with van der Waals surface area (Å²) in [5.41, 5.74) is 4.13. The second-order valence-electron chi connectivity index (χ2n) is 5.71. The molecule has 0 bridgehead atoms. The van der Waals surface area contributed by atoms with Gasteiger partial charge in [-0.15, -0.1) is 0 Å². The van der Waals surface area contributed by atoms with Gasteiger partial charge in [0.1, 0.15) is 5.75 Å². The summed E-state index contributed by atoms with van der Waals surface area (Å²) in [6.45, 7) is 9.04. The fraction of sp³-hybridized carbons (Fsp3) is 0.647. The van der Waals surface area contributed by atoms with Crippen LogP contribution in [0.15, 0.2) is 12.1 Å². The Balaban J connectivity index is 2.16. The summed E-state index contributed by atoms with van der Waals surface area (Å²) in [7, 11) is 1.75. The Morgan fingerprint density at radius 2 is 2.00 bits per heavy atom. The third-order valence-corrected chi connectivity index (χ3v) is 4.66. The molecule has 1 aromatic carbocycles. The first-order chi connectivity index (χ1) is 9.17. The second kappa shape index (κ2) is 6.42. The van der Waals surface area contributed by atoms with Crippen LogP contribution in [-0.2, 0) is 6.54 Å². The van der Waals surface area contributed by atoms with Gasteiger partial charge < -0.3 is 4.74 Å². The van der Waals surface area contributed by atoms with E-state index < -0.39 is 0 Å². The van der Waals surface area contributed by atoms with Crippen LogP contribution in [0.25, 0.3) is 0 Å². The van der Waals surface area contributed by atoms with Crippen LogP contribution in [0, 0.1) is 13.8 Å². The van der Waals surface area contributed by atoms with Crippen molar-refractivity contribution in [2.45, 2.75) is 59.0 Å². The summed E-state index contributed by atoms with van der Waals surface area (Å²) in [6, 6.07) is 5.13. The average Bonchev–Trinajstić information content (AvgIpc) is 2.45. The van der Waals surface area contributed by atoms with Gasteiger partial charge in [0.2, 0.25) is 0 Å². The molecule has 1 atom stereocenters. The van der Waals surface area contributed by atoms with Gasteiger partial charge in [0.25, 0.3) is 0 Å². The fourth-order valence-electron chi connectivity index (χ4n) is 3.19. The van der Waals surface area contributed by atoms with Gasteiger partial charge in [0.15, 0.2) is 0 Å². The van der Waals surface area contributed by atoms with Crippen LogP contribution in [0.4, 0.5) is 0 Å². The van der Waals surface area contributed by atoms with Gasteiger partial charge in [-0.3, -0.25) is 4.90 Å². The van der Waals surface area contributed by atoms with E-state index in [9.17, 15) is 0 Å². The standard InChI is InChI=1S/C17H27NO/c1-5-16-8-6-7-11-18(16)12-15-9-10-17(19-4)14(3)13(15)2/h9-10,16H,5-8,11-12H2,1-4H3/t16-/m0/s1. The van der Waals surface area contributed by atoms with Crippen LogP contribution < -0.4 is 4.74 Å². The lowest BCUT2D eigenvalue weighted by atomic mass is 9.97. The van der Waals surface area contributed by atoms with Gasteiger partial charge in [-0.05, 0) is 62.4 Å². The second-order valence-corrected chi connectivity index (χ2v) is 5.71. The van der Waals surface area contributed by atoms with Crippen molar-refractivity contribution in [3.63, 3.8) is 0 Å². The lowest BCUT2D eigenvalue weighted by molar-refractivity contribution is 0.136. The van der Waals surface area contributed by atoms with Crippen molar-refractivity contribution in [3.8, 4) is 5.75 Å². The SMILES string of the molecule is CC[C@H]1CCCCN1Cc1ccc(OC)c(C)c1C. The molecule has 0 unspecified atom stereocenters. The number of methoxy groups -OCH3 is 1. The largest absolute Gasteiger partial charge is 0.496 e. The van der Waals surface area contributed by atoms with E-state index in [0.717, 1.165) is 18.3 Å². The maximum atomic E-state index is 5.40. The molecule has 1 fully saturated rings. The van der Waals surface area contributed by atoms with Gasteiger partial charge >= 0.3 is 0 Å². The van der Waals surface area contributed by atoms with E-state index in [-0.39, 0.29) is 0 Å². The monoisotopic (exact) mass is 261 g/mol. The van der Waals surface area contributed by atoms with Crippen molar-refractivity contribution in [1.82, 2.24) is 4.90 Å². The van der Waals surface area contributed by atoms with Crippen LogP contribution in [0.1, 0.15) is 49.3 Å². The van der Waals surface area contributed by atoms with Gasteiger partial charge in [-0.1, -0.05) is 19.4 Å². The maximum Gasteiger partial charge on any atom is 0.122 e. The van der Waals surface area contributed by atoms with Crippen LogP contribution in [-0.4, -0.2) is 24.6 Å². The lowest BCUT2D eigenvalue weighted by Gasteiger charge is -2.35. The molecule has 0 N–H and O–H groups in total. The predicted molar refractivity (Wildman–Crippen MR) is 80.8 cm³/mol. The Kier molecular flexibility index (Phi) is 4.87. The molecule has 1 aliphatic rings. The lowest BCUT2D eigenvalue weighted by Crippen LogP contribution is -2.38. The van der Waals surface area contributed by atoms with Gasteiger partial charge in [-0.2, -0.15) is 0 Å². The molecular formula is C17H27NO. The van der Waals surface area contributed by atoms with Gasteiger partial charge in [0.05, 0.1) is 7.11 Å². The topological polar surface area (TPSA) is 12.5 Å². The highest BCUT2D eigenvalue weighted by Gasteiger charge is 2.21. The number of benzene rings is 1. The van der Waals surface area contributed by atoms with Crippen molar-refractivity contribution in [2.24, 2.45) is 0 Å². The molecule has 1 aliphatic heterocycles. The minimum atomic E-state index is 0.774. The Morgan fingerprint density at radius 3 is 2.68 bits per heavy atom. The Bertz CT molecular complexity index is 428. The fourth-order valence-corrected chi connectivity index (χ4v) is 3.19. The molecule has 106 valence electrons. The van der Waals surface area contributed by atoms with E-state index in [2.05, 4.69) is 37.8 Å². The van der Waals surface area contributed by atoms with Crippen molar-refractivity contribution in [1.29, 1.82) is 0 Å². The molecule has 0 spiro atoms. The molecule has 2 rings (SSSR count). The molecule has 1 heterocycles. The number of rotatable bonds is 4. The Morgan fingerprint density at radius 1 is 1.21 bits per heavy atom. The minimum absolute atomic E-state index is 0.774. The summed E-state index contributed by atoms with van der Waals surface area (Å²) in [4.78, 5) is 2.66. The van der Waals surface area contributed by atoms with Crippen LogP contribution in [0.3, 0.4) is 0 Å². The van der Waals surface area contributed by atoms with Crippen molar-refractivity contribution < 1.29 is 4.74 Å². The molecule has 1 saturated heterocycles. The molecule has 0 amide bonds. The van der Waals surface area contributed by atoms with Gasteiger partial charge in [-0.25, -0.2) is 0 Å². The predicted octanol–water partition coefficient (Wildman–Crippen LogP) is 4.08. The summed E-state index contributed by atoms with van der Waals surface area (Å²) in [5, 5.41) is 0. The smallest absolute Gasteiger partial charge is 0.122 e. The van der Waals surface area contributed by atoms with Crippen LogP contribution in [0.5, 0.6) is 5.75 Å². The molecular weight excluding hydrogens is 234 g/mol. The van der Waals surface area contributed by atoms with E-state index in [1.54, 1.807) is 7.11 Å². The number of likely N-dealkylation sites (tertiary alicyclic amines) is 1. The highest BCUT2D eigenvalue weighted by Crippen LogP contribution is 2.27. The minimum Gasteiger partial charge on any atom is -0.496 e. The van der Waals surface area contributed by atoms with Crippen molar-refractivity contribution >= 4 is 0 Å². The first-order valence-electron chi connectivity index (χ1n) is 7.54. The summed E-state index contributed by atoms with van der Waals surface area (Å²) in [6.07, 6.45) is 5.39. The van der Waals surface area contributed by atoms with Crippen molar-refractivity contribution in [2.75, 3.05) is 13.7 Å². The number of hydrogen-bond acceptors (Lipinski definition) is 2. The first-order valence-corrected chi connectivity index (χ1v) is 7.54. The van der Waals surface area contributed by atoms with E-state index in [0.29, 0.717) is 0 Å². The quantitative estimate of drug-likeness (QED) is 0.810. The zero-order chi connectivity index (χ0) is 13.8. The Labute approximate surface area is 117 Å². The number of nitrogens with zero attached hydrogens (tertiary/aromatic N) is 1. The molecule has 0 saturated carbocycles. The third kappa shape index (κ3) is 3.11. The highest BCUT2D eigenvalue weighted by atomic mass is 16.5. The first kappa shape index (κ1) is 14.4. The number of ether oxygens (including phenoxy) is 1. The van der Waals surface area contributed by atoms with E-state index >= 15 is 0 Å². The molecule has 2 nitrogen and oxygen atoms in total. The van der Waals surface area contributed by atoms with Crippen molar-refractivity contribution in [3.05, 3.63) is 28.8 Å². The number of hydrogen-bond donors (Lipinski definition) is 0. The average molecular weight is 261 g/mol. The van der Waals surface area contributed by atoms with Gasteiger partial charge in [0, 0.05) is 12.6 Å². The van der Waals surface area contributed by atoms with Crippen LogP contribution in [0.2, 0.25) is 0 Å². The highest BCUT2D eigenvalue weighted by molar-refractivity contribution is 5.43. The molecule has 19 heavy (non-hydrogen) atoms. The zero-order valence-corrected chi connectivity index (χ0v) is 12.8. The maximum absolute atomic E-state index is 5.40. The summed E-state index contributed by atoms with van der Waals surface area (Å²) < 4.78 is 5.40. The molecule has 2 heteroatoms. The summed E-state index contributed by atoms with van der Waals surface area (Å²) >= 11 is 0. The number of piperidine rings is 1. The van der Waals surface area contributed by atoms with E-state index in [1.807, 2.05) is 0 Å². The third-order valence-electron chi connectivity index (χ3n) is 4.66. The van der Waals surface area contributed by atoms with E-state index in [4.69, 9.17) is 4.74 Å². The van der Waals surface area contributed by atoms with E-state index in [1.165, 1.54) is 48.9 Å². The molecule has 1 aromatic rings. The normalized spacial score (nSPS) is 20.5. The summed E-state index contributed by atoms with van der Waals surface area (Å²) in [5.74, 6) is 1.01. The molecule has 0 aromatic heterocycles. The molecule has 0 aliphatic carbocycles. The molecule has 0 radical (unpaired) electrons.